The van der Waals surface area contributed by atoms with E-state index in [1.807, 2.05) is 45.0 Å². The fraction of sp³-hybridized carbons (Fsp3) is 0.278. The van der Waals surface area contributed by atoms with E-state index in [1.54, 1.807) is 11.3 Å². The summed E-state index contributed by atoms with van der Waals surface area (Å²) in [6.45, 7) is 6.61. The van der Waals surface area contributed by atoms with Crippen LogP contribution in [0.2, 0.25) is 5.02 Å². The summed E-state index contributed by atoms with van der Waals surface area (Å²) >= 11 is 7.63. The Bertz CT molecular complexity index is 843. The zero-order valence-corrected chi connectivity index (χ0v) is 15.5. The van der Waals surface area contributed by atoms with Gasteiger partial charge in [-0.05, 0) is 38.5 Å². The smallest absolute Gasteiger partial charge is 0.133 e. The highest BCUT2D eigenvalue weighted by Gasteiger charge is 2.12. The Morgan fingerprint density at radius 1 is 1.04 bits per heavy atom. The Hall–Kier alpha value is -1.98. The molecule has 2 aromatic heterocycles. The van der Waals surface area contributed by atoms with Gasteiger partial charge in [0.2, 0.25) is 0 Å². The third kappa shape index (κ3) is 4.10. The number of nitrogens with zero attached hydrogens (tertiary/aromatic N) is 3. The summed E-state index contributed by atoms with van der Waals surface area (Å²) in [5, 5.41) is 7.31. The third-order valence-electron chi connectivity index (χ3n) is 3.72. The number of nitrogens with one attached hydrogen (secondary N) is 1. The van der Waals surface area contributed by atoms with Crippen molar-refractivity contribution in [1.29, 1.82) is 0 Å². The number of hydrogen-bond acceptors (Lipinski definition) is 5. The lowest BCUT2D eigenvalue weighted by molar-refractivity contribution is 0.938. The second kappa shape index (κ2) is 7.28. The highest BCUT2D eigenvalue weighted by molar-refractivity contribution is 7.09. The van der Waals surface area contributed by atoms with Gasteiger partial charge in [0.15, 0.2) is 0 Å². The number of hydrogen-bond donors (Lipinski definition) is 1. The quantitative estimate of drug-likeness (QED) is 0.717. The summed E-state index contributed by atoms with van der Waals surface area (Å²) in [5.41, 5.74) is 4.32. The Kier molecular flexibility index (Phi) is 5.11. The Morgan fingerprint density at radius 2 is 1.79 bits per heavy atom. The SMILES string of the molecule is Cc1nc(C)c(Cc2ccc(Cl)cc2)c(NCc2csc(C)n2)n1. The van der Waals surface area contributed by atoms with Crippen molar-refractivity contribution in [2.24, 2.45) is 0 Å². The summed E-state index contributed by atoms with van der Waals surface area (Å²) in [4.78, 5) is 13.6. The molecule has 6 heteroatoms. The molecule has 0 aliphatic carbocycles. The molecule has 3 aromatic rings. The molecule has 4 nitrogen and oxygen atoms in total. The van der Waals surface area contributed by atoms with E-state index in [0.717, 1.165) is 45.0 Å². The van der Waals surface area contributed by atoms with Crippen LogP contribution < -0.4 is 5.32 Å². The van der Waals surface area contributed by atoms with Crippen LogP contribution in [0, 0.1) is 20.8 Å². The molecule has 0 atom stereocenters. The molecule has 3 rings (SSSR count). The minimum atomic E-state index is 0.661. The van der Waals surface area contributed by atoms with Gasteiger partial charge in [-0.1, -0.05) is 23.7 Å². The van der Waals surface area contributed by atoms with E-state index >= 15 is 0 Å². The Balaban J connectivity index is 1.85. The van der Waals surface area contributed by atoms with Gasteiger partial charge in [0.25, 0.3) is 0 Å². The zero-order chi connectivity index (χ0) is 17.1. The maximum Gasteiger partial charge on any atom is 0.133 e. The lowest BCUT2D eigenvalue weighted by Gasteiger charge is -2.14. The molecule has 0 spiro atoms. The van der Waals surface area contributed by atoms with Gasteiger partial charge in [-0.2, -0.15) is 0 Å². The summed E-state index contributed by atoms with van der Waals surface area (Å²) < 4.78 is 0. The number of benzene rings is 1. The first-order valence-corrected chi connectivity index (χ1v) is 9.00. The fourth-order valence-electron chi connectivity index (χ4n) is 2.56. The molecule has 0 saturated carbocycles. The second-order valence-electron chi connectivity index (χ2n) is 5.70. The number of rotatable bonds is 5. The van der Waals surface area contributed by atoms with Crippen LogP contribution in [0.3, 0.4) is 0 Å². The average Bonchev–Trinajstić information content (AvgIpc) is 2.95. The topological polar surface area (TPSA) is 50.7 Å². The van der Waals surface area contributed by atoms with Gasteiger partial charge in [-0.15, -0.1) is 11.3 Å². The molecule has 1 N–H and O–H groups in total. The van der Waals surface area contributed by atoms with Gasteiger partial charge < -0.3 is 5.32 Å². The Labute approximate surface area is 151 Å². The highest BCUT2D eigenvalue weighted by atomic mass is 35.5. The van der Waals surface area contributed by atoms with Gasteiger partial charge in [-0.25, -0.2) is 15.0 Å². The van der Waals surface area contributed by atoms with E-state index in [2.05, 4.69) is 25.6 Å². The minimum Gasteiger partial charge on any atom is -0.364 e. The van der Waals surface area contributed by atoms with Crippen molar-refractivity contribution in [2.75, 3.05) is 5.32 Å². The second-order valence-corrected chi connectivity index (χ2v) is 7.20. The molecule has 0 bridgehead atoms. The Morgan fingerprint density at radius 3 is 2.46 bits per heavy atom. The number of halogens is 1. The first-order chi connectivity index (χ1) is 11.5. The lowest BCUT2D eigenvalue weighted by Crippen LogP contribution is -2.10. The molecule has 0 fully saturated rings. The van der Waals surface area contributed by atoms with Crippen LogP contribution in [0.25, 0.3) is 0 Å². The van der Waals surface area contributed by atoms with Gasteiger partial charge >= 0.3 is 0 Å². The van der Waals surface area contributed by atoms with E-state index in [-0.39, 0.29) is 0 Å². The first kappa shape index (κ1) is 16.9. The van der Waals surface area contributed by atoms with Crippen molar-refractivity contribution in [3.05, 3.63) is 68.0 Å². The van der Waals surface area contributed by atoms with Gasteiger partial charge in [0, 0.05) is 28.1 Å². The normalized spacial score (nSPS) is 10.8. The van der Waals surface area contributed by atoms with Crippen LogP contribution in [0.15, 0.2) is 29.6 Å². The van der Waals surface area contributed by atoms with Gasteiger partial charge in [-0.3, -0.25) is 0 Å². The molecule has 124 valence electrons. The third-order valence-corrected chi connectivity index (χ3v) is 4.80. The number of thiazole rings is 1. The average molecular weight is 359 g/mol. The maximum atomic E-state index is 5.97. The van der Waals surface area contributed by atoms with Crippen LogP contribution in [-0.2, 0) is 13.0 Å². The van der Waals surface area contributed by atoms with Crippen LogP contribution in [0.1, 0.15) is 33.3 Å². The van der Waals surface area contributed by atoms with Crippen molar-refractivity contribution in [3.8, 4) is 0 Å². The molecule has 1 aromatic carbocycles. The van der Waals surface area contributed by atoms with Crippen LogP contribution in [0.4, 0.5) is 5.82 Å². The molecular weight excluding hydrogens is 340 g/mol. The molecular formula is C18H19ClN4S. The molecule has 0 amide bonds. The fourth-order valence-corrected chi connectivity index (χ4v) is 3.30. The summed E-state index contributed by atoms with van der Waals surface area (Å²) in [7, 11) is 0. The van der Waals surface area contributed by atoms with E-state index < -0.39 is 0 Å². The molecule has 24 heavy (non-hydrogen) atoms. The molecule has 0 aliphatic heterocycles. The molecule has 0 saturated heterocycles. The largest absolute Gasteiger partial charge is 0.364 e. The molecule has 0 aliphatic rings. The lowest BCUT2D eigenvalue weighted by atomic mass is 10.0. The zero-order valence-electron chi connectivity index (χ0n) is 13.9. The summed E-state index contributed by atoms with van der Waals surface area (Å²) in [6.07, 6.45) is 0.766. The van der Waals surface area contributed by atoms with E-state index in [0.29, 0.717) is 6.54 Å². The number of aromatic nitrogens is 3. The standard InChI is InChI=1S/C18H19ClN4S/c1-11-17(8-14-4-6-15(19)7-5-14)18(22-12(2)21-11)20-9-16-10-24-13(3)23-16/h4-7,10H,8-9H2,1-3H3,(H,20,21,22). The van der Waals surface area contributed by atoms with Crippen molar-refractivity contribution in [3.63, 3.8) is 0 Å². The van der Waals surface area contributed by atoms with Gasteiger partial charge in [0.05, 0.1) is 17.2 Å². The summed E-state index contributed by atoms with van der Waals surface area (Å²) in [6, 6.07) is 7.89. The van der Waals surface area contributed by atoms with Crippen LogP contribution >= 0.6 is 22.9 Å². The predicted octanol–water partition coefficient (Wildman–Crippen LogP) is 4.71. The first-order valence-electron chi connectivity index (χ1n) is 7.74. The number of anilines is 1. The number of aryl methyl sites for hydroxylation is 3. The van der Waals surface area contributed by atoms with Crippen LogP contribution in [-0.4, -0.2) is 15.0 Å². The minimum absolute atomic E-state index is 0.661. The maximum absolute atomic E-state index is 5.97. The van der Waals surface area contributed by atoms with E-state index in [1.165, 1.54) is 5.56 Å². The van der Waals surface area contributed by atoms with E-state index in [4.69, 9.17) is 11.6 Å². The van der Waals surface area contributed by atoms with Crippen LogP contribution in [0.5, 0.6) is 0 Å². The van der Waals surface area contributed by atoms with Crippen molar-refractivity contribution < 1.29 is 0 Å². The van der Waals surface area contributed by atoms with E-state index in [9.17, 15) is 0 Å². The van der Waals surface area contributed by atoms with Gasteiger partial charge in [0.1, 0.15) is 11.6 Å². The predicted molar refractivity (Wildman–Crippen MR) is 99.9 cm³/mol. The molecule has 0 unspecified atom stereocenters. The molecule has 0 radical (unpaired) electrons. The molecule has 2 heterocycles. The highest BCUT2D eigenvalue weighted by Crippen LogP contribution is 2.22. The van der Waals surface area contributed by atoms with Crippen molar-refractivity contribution in [2.45, 2.75) is 33.7 Å². The van der Waals surface area contributed by atoms with Crippen molar-refractivity contribution >= 4 is 28.8 Å². The van der Waals surface area contributed by atoms with Crippen molar-refractivity contribution in [1.82, 2.24) is 15.0 Å². The summed E-state index contributed by atoms with van der Waals surface area (Å²) in [5.74, 6) is 1.64. The monoisotopic (exact) mass is 358 g/mol.